The summed E-state index contributed by atoms with van der Waals surface area (Å²) in [4.78, 5) is 0. The molecule has 2 rings (SSSR count). The predicted molar refractivity (Wildman–Crippen MR) is 68.5 cm³/mol. The van der Waals surface area contributed by atoms with Crippen LogP contribution in [0.2, 0.25) is 0 Å². The minimum absolute atomic E-state index is 0.266. The lowest BCUT2D eigenvalue weighted by Crippen LogP contribution is -1.96. The van der Waals surface area contributed by atoms with Gasteiger partial charge in [-0.25, -0.2) is 4.68 Å². The number of rotatable bonds is 3. The number of hydrogen-bond donors (Lipinski definition) is 1. The van der Waals surface area contributed by atoms with Crippen LogP contribution in [-0.2, 0) is 6.42 Å². The molecule has 0 atom stereocenters. The molecule has 0 saturated heterocycles. The molecule has 3 nitrogen and oxygen atoms in total. The van der Waals surface area contributed by atoms with Gasteiger partial charge in [0, 0.05) is 5.56 Å². The predicted octanol–water partition coefficient (Wildman–Crippen LogP) is 3.08. The first-order chi connectivity index (χ1) is 8.09. The summed E-state index contributed by atoms with van der Waals surface area (Å²) < 4.78 is 1.60. The van der Waals surface area contributed by atoms with Crippen LogP contribution >= 0.6 is 0 Å². The quantitative estimate of drug-likeness (QED) is 0.880. The van der Waals surface area contributed by atoms with Crippen LogP contribution in [-0.4, -0.2) is 14.9 Å². The summed E-state index contributed by atoms with van der Waals surface area (Å²) >= 11 is 0. The van der Waals surface area contributed by atoms with Gasteiger partial charge < -0.3 is 5.11 Å². The lowest BCUT2D eigenvalue weighted by molar-refractivity contribution is 0.424. The van der Waals surface area contributed by atoms with Crippen molar-refractivity contribution in [3.8, 4) is 11.6 Å². The fourth-order valence-electron chi connectivity index (χ4n) is 1.94. The van der Waals surface area contributed by atoms with E-state index in [9.17, 15) is 5.11 Å². The van der Waals surface area contributed by atoms with Gasteiger partial charge in [0.15, 0.2) is 0 Å². The maximum atomic E-state index is 10.2. The van der Waals surface area contributed by atoms with Crippen LogP contribution in [0.5, 0.6) is 5.88 Å². The molecule has 1 heterocycles. The molecule has 0 saturated carbocycles. The Balaban J connectivity index is 2.44. The number of aromatic hydroxyl groups is 1. The molecule has 0 spiro atoms. The van der Waals surface area contributed by atoms with Crippen LogP contribution < -0.4 is 0 Å². The van der Waals surface area contributed by atoms with Gasteiger partial charge in [-0.1, -0.05) is 32.0 Å². The van der Waals surface area contributed by atoms with Crippen molar-refractivity contribution >= 4 is 0 Å². The topological polar surface area (TPSA) is 38.0 Å². The fourth-order valence-corrected chi connectivity index (χ4v) is 1.94. The molecule has 0 bridgehead atoms. The molecule has 3 heteroatoms. The van der Waals surface area contributed by atoms with E-state index in [1.807, 2.05) is 37.3 Å². The Morgan fingerprint density at radius 2 is 1.88 bits per heavy atom. The standard InChI is InChI=1S/C14H18N2O/c1-10(2)9-13-11(3)15-16(14(13)17)12-7-5-4-6-8-12/h4-8,10,17H,9H2,1-3H3. The van der Waals surface area contributed by atoms with Crippen molar-refractivity contribution in [3.05, 3.63) is 41.6 Å². The number of hydrogen-bond acceptors (Lipinski definition) is 2. The molecule has 1 aromatic carbocycles. The maximum Gasteiger partial charge on any atom is 0.217 e. The van der Waals surface area contributed by atoms with Crippen molar-refractivity contribution in [2.75, 3.05) is 0 Å². The molecule has 0 radical (unpaired) electrons. The molecule has 0 aliphatic heterocycles. The third kappa shape index (κ3) is 2.33. The second kappa shape index (κ2) is 4.62. The average Bonchev–Trinajstić information content (AvgIpc) is 2.58. The highest BCUT2D eigenvalue weighted by atomic mass is 16.3. The molecular formula is C14H18N2O. The van der Waals surface area contributed by atoms with E-state index >= 15 is 0 Å². The monoisotopic (exact) mass is 230 g/mol. The van der Waals surface area contributed by atoms with Gasteiger partial charge in [0.2, 0.25) is 5.88 Å². The number of benzene rings is 1. The van der Waals surface area contributed by atoms with Gasteiger partial charge >= 0.3 is 0 Å². The molecule has 1 aromatic heterocycles. The van der Waals surface area contributed by atoms with Crippen LogP contribution in [0, 0.1) is 12.8 Å². The first-order valence-electron chi connectivity index (χ1n) is 5.92. The molecule has 0 unspecified atom stereocenters. The fraction of sp³-hybridized carbons (Fsp3) is 0.357. The lowest BCUT2D eigenvalue weighted by Gasteiger charge is -2.05. The Morgan fingerprint density at radius 3 is 2.47 bits per heavy atom. The van der Waals surface area contributed by atoms with Crippen LogP contribution in [0.15, 0.2) is 30.3 Å². The number of aromatic nitrogens is 2. The summed E-state index contributed by atoms with van der Waals surface area (Å²) in [7, 11) is 0. The zero-order valence-electron chi connectivity index (χ0n) is 10.5. The summed E-state index contributed by atoms with van der Waals surface area (Å²) in [5.74, 6) is 0.774. The van der Waals surface area contributed by atoms with E-state index < -0.39 is 0 Å². The minimum atomic E-state index is 0.266. The Kier molecular flexibility index (Phi) is 3.18. The molecular weight excluding hydrogens is 212 g/mol. The van der Waals surface area contributed by atoms with Gasteiger partial charge in [-0.2, -0.15) is 5.10 Å². The lowest BCUT2D eigenvalue weighted by atomic mass is 10.0. The highest BCUT2D eigenvalue weighted by molar-refractivity contribution is 5.40. The molecule has 17 heavy (non-hydrogen) atoms. The van der Waals surface area contributed by atoms with E-state index in [0.717, 1.165) is 23.4 Å². The zero-order chi connectivity index (χ0) is 12.4. The summed E-state index contributed by atoms with van der Waals surface area (Å²) in [6.07, 6.45) is 0.852. The molecule has 90 valence electrons. The summed E-state index contributed by atoms with van der Waals surface area (Å²) in [6.45, 7) is 6.22. The Bertz CT molecular complexity index is 500. The largest absolute Gasteiger partial charge is 0.493 e. The van der Waals surface area contributed by atoms with Crippen LogP contribution in [0.3, 0.4) is 0 Å². The van der Waals surface area contributed by atoms with Crippen LogP contribution in [0.25, 0.3) is 5.69 Å². The average molecular weight is 230 g/mol. The second-order valence-corrected chi connectivity index (χ2v) is 4.73. The maximum absolute atomic E-state index is 10.2. The number of para-hydroxylation sites is 1. The minimum Gasteiger partial charge on any atom is -0.493 e. The molecule has 0 amide bonds. The van der Waals surface area contributed by atoms with E-state index in [2.05, 4.69) is 18.9 Å². The SMILES string of the molecule is Cc1nn(-c2ccccc2)c(O)c1CC(C)C. The molecule has 1 N–H and O–H groups in total. The second-order valence-electron chi connectivity index (χ2n) is 4.73. The van der Waals surface area contributed by atoms with Crippen LogP contribution in [0.1, 0.15) is 25.1 Å². The highest BCUT2D eigenvalue weighted by Crippen LogP contribution is 2.26. The van der Waals surface area contributed by atoms with Crippen LogP contribution in [0.4, 0.5) is 0 Å². The van der Waals surface area contributed by atoms with E-state index in [1.165, 1.54) is 0 Å². The highest BCUT2D eigenvalue weighted by Gasteiger charge is 2.16. The van der Waals surface area contributed by atoms with Crippen molar-refractivity contribution in [2.24, 2.45) is 5.92 Å². The third-order valence-corrected chi connectivity index (χ3v) is 2.77. The summed E-state index contributed by atoms with van der Waals surface area (Å²) in [5, 5.41) is 14.6. The Hall–Kier alpha value is -1.77. The smallest absolute Gasteiger partial charge is 0.217 e. The summed E-state index contributed by atoms with van der Waals surface area (Å²) in [6, 6.07) is 9.70. The van der Waals surface area contributed by atoms with Crippen molar-refractivity contribution < 1.29 is 5.11 Å². The van der Waals surface area contributed by atoms with Gasteiger partial charge in [-0.05, 0) is 31.4 Å². The van der Waals surface area contributed by atoms with Crippen molar-refractivity contribution in [1.29, 1.82) is 0 Å². The first kappa shape index (κ1) is 11.7. The molecule has 0 aliphatic carbocycles. The molecule has 2 aromatic rings. The van der Waals surface area contributed by atoms with E-state index in [-0.39, 0.29) is 5.88 Å². The van der Waals surface area contributed by atoms with Gasteiger partial charge in [0.25, 0.3) is 0 Å². The van der Waals surface area contributed by atoms with Crippen molar-refractivity contribution in [2.45, 2.75) is 27.2 Å². The number of aryl methyl sites for hydroxylation is 1. The third-order valence-electron chi connectivity index (χ3n) is 2.77. The number of nitrogens with zero attached hydrogens (tertiary/aromatic N) is 2. The van der Waals surface area contributed by atoms with Gasteiger partial charge in [0.05, 0.1) is 11.4 Å². The van der Waals surface area contributed by atoms with Gasteiger partial charge in [0.1, 0.15) is 0 Å². The van der Waals surface area contributed by atoms with Crippen molar-refractivity contribution in [3.63, 3.8) is 0 Å². The van der Waals surface area contributed by atoms with E-state index in [0.29, 0.717) is 5.92 Å². The Morgan fingerprint density at radius 1 is 1.24 bits per heavy atom. The zero-order valence-corrected chi connectivity index (χ0v) is 10.5. The normalized spacial score (nSPS) is 11.1. The van der Waals surface area contributed by atoms with Gasteiger partial charge in [-0.3, -0.25) is 0 Å². The first-order valence-corrected chi connectivity index (χ1v) is 5.92. The summed E-state index contributed by atoms with van der Waals surface area (Å²) in [5.41, 5.74) is 2.74. The Labute approximate surface area is 102 Å². The van der Waals surface area contributed by atoms with Crippen molar-refractivity contribution in [1.82, 2.24) is 9.78 Å². The molecule has 0 aliphatic rings. The van der Waals surface area contributed by atoms with Gasteiger partial charge in [-0.15, -0.1) is 0 Å². The molecule has 0 fully saturated rings. The van der Waals surface area contributed by atoms with E-state index in [1.54, 1.807) is 4.68 Å². The van der Waals surface area contributed by atoms with E-state index in [4.69, 9.17) is 0 Å².